The Morgan fingerprint density at radius 1 is 1.40 bits per heavy atom. The quantitative estimate of drug-likeness (QED) is 0.791. The normalized spacial score (nSPS) is 21.6. The first-order chi connectivity index (χ1) is 9.47. The summed E-state index contributed by atoms with van der Waals surface area (Å²) < 4.78 is 4.79. The maximum Gasteiger partial charge on any atom is 0.337 e. The summed E-state index contributed by atoms with van der Waals surface area (Å²) in [4.78, 5) is 14.0. The second kappa shape index (κ2) is 5.96. The molecule has 1 atom stereocenters. The van der Waals surface area contributed by atoms with E-state index in [2.05, 4.69) is 31.9 Å². The van der Waals surface area contributed by atoms with E-state index < -0.39 is 0 Å². The number of rotatable bonds is 4. The van der Waals surface area contributed by atoms with E-state index >= 15 is 0 Å². The Bertz CT molecular complexity index is 498. The lowest BCUT2D eigenvalue weighted by Crippen LogP contribution is -2.37. The first kappa shape index (κ1) is 15.0. The van der Waals surface area contributed by atoms with Crippen molar-refractivity contribution in [3.05, 3.63) is 34.9 Å². The number of hydrogen-bond acceptors (Lipinski definition) is 3. The zero-order chi connectivity index (χ0) is 14.8. The highest BCUT2D eigenvalue weighted by molar-refractivity contribution is 5.89. The third kappa shape index (κ3) is 3.21. The van der Waals surface area contributed by atoms with Crippen molar-refractivity contribution in [3.63, 3.8) is 0 Å². The molecule has 0 N–H and O–H groups in total. The van der Waals surface area contributed by atoms with Crippen LogP contribution in [0.4, 0.5) is 0 Å². The number of carbonyl (C=O) groups excluding carboxylic acids is 1. The summed E-state index contributed by atoms with van der Waals surface area (Å²) in [7, 11) is 3.61. The zero-order valence-electron chi connectivity index (χ0n) is 13.0. The van der Waals surface area contributed by atoms with Crippen LogP contribution in [0.1, 0.15) is 41.8 Å². The van der Waals surface area contributed by atoms with Crippen molar-refractivity contribution in [2.45, 2.75) is 33.1 Å². The van der Waals surface area contributed by atoms with Gasteiger partial charge < -0.3 is 9.64 Å². The van der Waals surface area contributed by atoms with E-state index in [0.29, 0.717) is 11.0 Å². The Labute approximate surface area is 121 Å². The van der Waals surface area contributed by atoms with E-state index in [4.69, 9.17) is 4.74 Å². The third-order valence-corrected chi connectivity index (χ3v) is 4.43. The van der Waals surface area contributed by atoms with Gasteiger partial charge in [-0.3, -0.25) is 0 Å². The van der Waals surface area contributed by atoms with E-state index in [1.807, 2.05) is 12.1 Å². The SMILES string of the molecule is CCN(C)CC1(C)CCc2cc(C(=O)OC)ccc2C1. The Morgan fingerprint density at radius 2 is 2.15 bits per heavy atom. The van der Waals surface area contributed by atoms with Crippen LogP contribution in [0.25, 0.3) is 0 Å². The molecule has 0 aliphatic heterocycles. The second-order valence-corrected chi connectivity index (χ2v) is 6.29. The van der Waals surface area contributed by atoms with Gasteiger partial charge in [0.05, 0.1) is 12.7 Å². The van der Waals surface area contributed by atoms with Crippen molar-refractivity contribution in [3.8, 4) is 0 Å². The van der Waals surface area contributed by atoms with Crippen LogP contribution in [0.2, 0.25) is 0 Å². The fourth-order valence-corrected chi connectivity index (χ4v) is 3.16. The van der Waals surface area contributed by atoms with Crippen LogP contribution in [0.15, 0.2) is 18.2 Å². The lowest BCUT2D eigenvalue weighted by Gasteiger charge is -2.38. The highest BCUT2D eigenvalue weighted by Gasteiger charge is 2.31. The predicted octanol–water partition coefficient (Wildman–Crippen LogP) is 2.92. The maximum atomic E-state index is 11.6. The molecule has 1 unspecified atom stereocenters. The van der Waals surface area contributed by atoms with Gasteiger partial charge in [0.2, 0.25) is 0 Å². The maximum absolute atomic E-state index is 11.6. The average molecular weight is 275 g/mol. The van der Waals surface area contributed by atoms with Crippen LogP contribution in [0.5, 0.6) is 0 Å². The number of fused-ring (bicyclic) bond motifs is 1. The van der Waals surface area contributed by atoms with Gasteiger partial charge in [-0.1, -0.05) is 19.9 Å². The van der Waals surface area contributed by atoms with Gasteiger partial charge in [-0.15, -0.1) is 0 Å². The molecule has 0 amide bonds. The molecule has 0 heterocycles. The van der Waals surface area contributed by atoms with Gasteiger partial charge >= 0.3 is 5.97 Å². The molecule has 0 bridgehead atoms. The highest BCUT2D eigenvalue weighted by Crippen LogP contribution is 2.36. The number of benzene rings is 1. The molecule has 3 heteroatoms. The fraction of sp³-hybridized carbons (Fsp3) is 0.588. The van der Waals surface area contributed by atoms with Crippen LogP contribution < -0.4 is 0 Å². The van der Waals surface area contributed by atoms with Crippen LogP contribution in [0.3, 0.4) is 0 Å². The minimum atomic E-state index is -0.244. The number of nitrogens with zero attached hydrogens (tertiary/aromatic N) is 1. The van der Waals surface area contributed by atoms with Gasteiger partial charge in [-0.2, -0.15) is 0 Å². The lowest BCUT2D eigenvalue weighted by atomic mass is 9.72. The Balaban J connectivity index is 2.17. The molecule has 0 saturated carbocycles. The van der Waals surface area contributed by atoms with Crippen molar-refractivity contribution in [2.75, 3.05) is 27.2 Å². The molecule has 1 aromatic carbocycles. The monoisotopic (exact) mass is 275 g/mol. The first-order valence-electron chi connectivity index (χ1n) is 7.36. The van der Waals surface area contributed by atoms with E-state index in [1.54, 1.807) is 0 Å². The van der Waals surface area contributed by atoms with Gasteiger partial charge in [0, 0.05) is 6.54 Å². The number of hydrogen-bond donors (Lipinski definition) is 0. The molecule has 20 heavy (non-hydrogen) atoms. The Kier molecular flexibility index (Phi) is 4.48. The molecule has 0 saturated heterocycles. The van der Waals surface area contributed by atoms with Crippen LogP contribution in [0, 0.1) is 5.41 Å². The predicted molar refractivity (Wildman–Crippen MR) is 81.1 cm³/mol. The summed E-state index contributed by atoms with van der Waals surface area (Å²) in [6.07, 6.45) is 3.32. The Hall–Kier alpha value is -1.35. The number of ether oxygens (including phenoxy) is 1. The Morgan fingerprint density at radius 3 is 2.80 bits per heavy atom. The van der Waals surface area contributed by atoms with Crippen molar-refractivity contribution in [1.29, 1.82) is 0 Å². The summed E-state index contributed by atoms with van der Waals surface area (Å²) in [5.41, 5.74) is 3.70. The van der Waals surface area contributed by atoms with E-state index in [-0.39, 0.29) is 5.97 Å². The summed E-state index contributed by atoms with van der Waals surface area (Å²) >= 11 is 0. The van der Waals surface area contributed by atoms with Crippen molar-refractivity contribution in [2.24, 2.45) is 5.41 Å². The summed E-state index contributed by atoms with van der Waals surface area (Å²) in [6.45, 7) is 6.78. The van der Waals surface area contributed by atoms with Gasteiger partial charge in [-0.25, -0.2) is 4.79 Å². The fourth-order valence-electron chi connectivity index (χ4n) is 3.16. The van der Waals surface area contributed by atoms with Crippen LogP contribution in [-0.4, -0.2) is 38.1 Å². The lowest BCUT2D eigenvalue weighted by molar-refractivity contribution is 0.0600. The molecule has 1 aromatic rings. The van der Waals surface area contributed by atoms with Gasteiger partial charge in [0.25, 0.3) is 0 Å². The largest absolute Gasteiger partial charge is 0.465 e. The van der Waals surface area contributed by atoms with Crippen molar-refractivity contribution < 1.29 is 9.53 Å². The standard InChI is InChI=1S/C17H25NO2/c1-5-18(3)12-17(2)9-8-13-10-14(16(19)20-4)6-7-15(13)11-17/h6-7,10H,5,8-9,11-12H2,1-4H3. The van der Waals surface area contributed by atoms with Crippen LogP contribution in [-0.2, 0) is 17.6 Å². The molecular weight excluding hydrogens is 250 g/mol. The van der Waals surface area contributed by atoms with E-state index in [9.17, 15) is 4.79 Å². The van der Waals surface area contributed by atoms with Gasteiger partial charge in [0.15, 0.2) is 0 Å². The van der Waals surface area contributed by atoms with E-state index in [0.717, 1.165) is 25.9 Å². The minimum absolute atomic E-state index is 0.244. The second-order valence-electron chi connectivity index (χ2n) is 6.29. The molecular formula is C17H25NO2. The zero-order valence-corrected chi connectivity index (χ0v) is 13.0. The summed E-state index contributed by atoms with van der Waals surface area (Å²) in [5, 5.41) is 0. The summed E-state index contributed by atoms with van der Waals surface area (Å²) in [5.74, 6) is -0.244. The van der Waals surface area contributed by atoms with Crippen molar-refractivity contribution >= 4 is 5.97 Å². The van der Waals surface area contributed by atoms with Crippen molar-refractivity contribution in [1.82, 2.24) is 4.90 Å². The first-order valence-corrected chi connectivity index (χ1v) is 7.36. The molecule has 2 rings (SSSR count). The number of esters is 1. The smallest absolute Gasteiger partial charge is 0.337 e. The van der Waals surface area contributed by atoms with Gasteiger partial charge in [-0.05, 0) is 61.5 Å². The van der Waals surface area contributed by atoms with Gasteiger partial charge in [0.1, 0.15) is 0 Å². The molecule has 1 aliphatic carbocycles. The molecule has 0 spiro atoms. The molecule has 110 valence electrons. The number of aryl methyl sites for hydroxylation is 1. The number of carbonyl (C=O) groups is 1. The molecule has 0 aromatic heterocycles. The minimum Gasteiger partial charge on any atom is -0.465 e. The average Bonchev–Trinajstić information content (AvgIpc) is 2.45. The summed E-state index contributed by atoms with van der Waals surface area (Å²) in [6, 6.07) is 6.00. The molecule has 1 aliphatic rings. The molecule has 0 fully saturated rings. The highest BCUT2D eigenvalue weighted by atomic mass is 16.5. The van der Waals surface area contributed by atoms with E-state index in [1.165, 1.54) is 24.7 Å². The van der Waals surface area contributed by atoms with Crippen LogP contribution >= 0.6 is 0 Å². The number of methoxy groups -OCH3 is 1. The third-order valence-electron chi connectivity index (χ3n) is 4.43. The molecule has 0 radical (unpaired) electrons. The topological polar surface area (TPSA) is 29.5 Å². The molecule has 3 nitrogen and oxygen atoms in total.